The first-order chi connectivity index (χ1) is 7.55. The van der Waals surface area contributed by atoms with Crippen LogP contribution < -0.4 is 0 Å². The second-order valence-electron chi connectivity index (χ2n) is 4.41. The fourth-order valence-electron chi connectivity index (χ4n) is 1.86. The van der Waals surface area contributed by atoms with Gasteiger partial charge in [-0.2, -0.15) is 0 Å². The van der Waals surface area contributed by atoms with Gasteiger partial charge in [0.2, 0.25) is 0 Å². The lowest BCUT2D eigenvalue weighted by molar-refractivity contribution is 0.287. The number of sulfone groups is 1. The molecule has 0 aromatic heterocycles. The van der Waals surface area contributed by atoms with E-state index in [1.54, 1.807) is 0 Å². The Bertz CT molecular complexity index is 442. The van der Waals surface area contributed by atoms with Crippen molar-refractivity contribution < 1.29 is 8.42 Å². The van der Waals surface area contributed by atoms with E-state index in [-0.39, 0.29) is 12.4 Å². The van der Waals surface area contributed by atoms with Gasteiger partial charge in [0.25, 0.3) is 0 Å². The van der Waals surface area contributed by atoms with Crippen LogP contribution in [0.15, 0.2) is 24.3 Å². The molecule has 0 amide bonds. The highest BCUT2D eigenvalue weighted by Crippen LogP contribution is 2.10. The van der Waals surface area contributed by atoms with E-state index < -0.39 is 9.84 Å². The molecule has 1 aromatic carbocycles. The first-order valence-corrected chi connectivity index (χ1v) is 7.36. The molecule has 0 bridgehead atoms. The zero-order valence-corrected chi connectivity index (χ0v) is 11.6. The summed E-state index contributed by atoms with van der Waals surface area (Å²) in [5.74, 6) is 0.609. The van der Waals surface area contributed by atoms with E-state index in [9.17, 15) is 8.42 Å². The summed E-state index contributed by atoms with van der Waals surface area (Å²) >= 11 is 0. The summed E-state index contributed by atoms with van der Waals surface area (Å²) in [4.78, 5) is 2.20. The van der Waals surface area contributed by atoms with Gasteiger partial charge in [-0.15, -0.1) is 12.4 Å². The monoisotopic (exact) mass is 275 g/mol. The molecule has 0 unspecified atom stereocenters. The van der Waals surface area contributed by atoms with Crippen molar-refractivity contribution >= 4 is 22.2 Å². The molecule has 0 radical (unpaired) electrons. The minimum atomic E-state index is -2.76. The van der Waals surface area contributed by atoms with Gasteiger partial charge < -0.3 is 0 Å². The third-order valence-electron chi connectivity index (χ3n) is 2.96. The second kappa shape index (κ2) is 5.85. The molecule has 1 aliphatic heterocycles. The Morgan fingerprint density at radius 2 is 1.65 bits per heavy atom. The van der Waals surface area contributed by atoms with E-state index in [0.717, 1.165) is 6.54 Å². The quantitative estimate of drug-likeness (QED) is 0.824. The molecule has 1 aliphatic rings. The van der Waals surface area contributed by atoms with Gasteiger partial charge in [-0.05, 0) is 12.5 Å². The minimum absolute atomic E-state index is 0. The molecular weight excluding hydrogens is 258 g/mol. The molecule has 3 nitrogen and oxygen atoms in total. The first kappa shape index (κ1) is 14.5. The van der Waals surface area contributed by atoms with E-state index in [1.807, 2.05) is 0 Å². The summed E-state index contributed by atoms with van der Waals surface area (Å²) < 4.78 is 22.5. The summed E-state index contributed by atoms with van der Waals surface area (Å²) in [5.41, 5.74) is 2.51. The van der Waals surface area contributed by atoms with Crippen LogP contribution in [0.5, 0.6) is 0 Å². The lowest BCUT2D eigenvalue weighted by Gasteiger charge is -2.26. The van der Waals surface area contributed by atoms with Gasteiger partial charge in [-0.3, -0.25) is 4.90 Å². The minimum Gasteiger partial charge on any atom is -0.297 e. The number of benzene rings is 1. The summed E-state index contributed by atoms with van der Waals surface area (Å²) in [6.07, 6.45) is 0. The van der Waals surface area contributed by atoms with Gasteiger partial charge in [-0.1, -0.05) is 29.8 Å². The van der Waals surface area contributed by atoms with Gasteiger partial charge in [0.05, 0.1) is 11.5 Å². The van der Waals surface area contributed by atoms with Crippen LogP contribution in [0.2, 0.25) is 0 Å². The summed E-state index contributed by atoms with van der Waals surface area (Å²) in [5, 5.41) is 0. The van der Waals surface area contributed by atoms with E-state index in [2.05, 4.69) is 36.1 Å². The molecule has 17 heavy (non-hydrogen) atoms. The average molecular weight is 276 g/mol. The number of hydrogen-bond donors (Lipinski definition) is 0. The predicted octanol–water partition coefficient (Wildman–Crippen LogP) is 1.65. The van der Waals surface area contributed by atoms with Gasteiger partial charge in [-0.25, -0.2) is 8.42 Å². The van der Waals surface area contributed by atoms with Crippen molar-refractivity contribution in [2.24, 2.45) is 0 Å². The molecule has 0 atom stereocenters. The largest absolute Gasteiger partial charge is 0.297 e. The summed E-state index contributed by atoms with van der Waals surface area (Å²) in [7, 11) is -2.76. The van der Waals surface area contributed by atoms with Gasteiger partial charge >= 0.3 is 0 Å². The topological polar surface area (TPSA) is 37.4 Å². The van der Waals surface area contributed by atoms with Crippen LogP contribution in [0.1, 0.15) is 11.1 Å². The Balaban J connectivity index is 0.00000144. The molecule has 0 aliphatic carbocycles. The number of halogens is 1. The van der Waals surface area contributed by atoms with Crippen LogP contribution >= 0.6 is 12.4 Å². The third kappa shape index (κ3) is 4.30. The molecule has 1 heterocycles. The Kier molecular flexibility index (Phi) is 4.98. The van der Waals surface area contributed by atoms with Crippen LogP contribution in [0.25, 0.3) is 0 Å². The van der Waals surface area contributed by atoms with Gasteiger partial charge in [0.15, 0.2) is 9.84 Å². The van der Waals surface area contributed by atoms with Crippen molar-refractivity contribution in [2.45, 2.75) is 13.5 Å². The molecule has 2 rings (SSSR count). The summed E-state index contributed by atoms with van der Waals surface area (Å²) in [6, 6.07) is 8.41. The molecular formula is C12H18ClNO2S. The maximum Gasteiger partial charge on any atom is 0.152 e. The molecule has 1 saturated heterocycles. The smallest absolute Gasteiger partial charge is 0.152 e. The fourth-order valence-corrected chi connectivity index (χ4v) is 3.14. The predicted molar refractivity (Wildman–Crippen MR) is 72.4 cm³/mol. The molecule has 0 N–H and O–H groups in total. The second-order valence-corrected chi connectivity index (χ2v) is 6.72. The maximum atomic E-state index is 11.3. The Morgan fingerprint density at radius 3 is 2.18 bits per heavy atom. The zero-order valence-electron chi connectivity index (χ0n) is 9.93. The lowest BCUT2D eigenvalue weighted by Crippen LogP contribution is -2.39. The molecule has 0 saturated carbocycles. The average Bonchev–Trinajstić information content (AvgIpc) is 2.24. The van der Waals surface area contributed by atoms with Crippen LogP contribution in [-0.4, -0.2) is 37.9 Å². The molecule has 96 valence electrons. The molecule has 0 spiro atoms. The highest BCUT2D eigenvalue weighted by molar-refractivity contribution is 7.91. The van der Waals surface area contributed by atoms with E-state index in [0.29, 0.717) is 24.6 Å². The number of nitrogens with zero attached hydrogens (tertiary/aromatic N) is 1. The lowest BCUT2D eigenvalue weighted by atomic mass is 10.1. The van der Waals surface area contributed by atoms with Crippen LogP contribution in [0.3, 0.4) is 0 Å². The van der Waals surface area contributed by atoms with Crippen molar-refractivity contribution in [3.8, 4) is 0 Å². The van der Waals surface area contributed by atoms with Gasteiger partial charge in [0.1, 0.15) is 0 Å². The maximum absolute atomic E-state index is 11.3. The van der Waals surface area contributed by atoms with Gasteiger partial charge in [0, 0.05) is 19.6 Å². The van der Waals surface area contributed by atoms with E-state index in [4.69, 9.17) is 0 Å². The third-order valence-corrected chi connectivity index (χ3v) is 4.57. The SMILES string of the molecule is Cc1ccc(CN2CCS(=O)(=O)CC2)cc1.Cl. The molecule has 1 aromatic rings. The first-order valence-electron chi connectivity index (χ1n) is 5.53. The summed E-state index contributed by atoms with van der Waals surface area (Å²) in [6.45, 7) is 4.25. The van der Waals surface area contributed by atoms with Crippen LogP contribution in [0, 0.1) is 6.92 Å². The number of hydrogen-bond acceptors (Lipinski definition) is 3. The number of rotatable bonds is 2. The van der Waals surface area contributed by atoms with Crippen LogP contribution in [-0.2, 0) is 16.4 Å². The Morgan fingerprint density at radius 1 is 1.12 bits per heavy atom. The normalized spacial score (nSPS) is 19.6. The Hall–Kier alpha value is -0.580. The van der Waals surface area contributed by atoms with Crippen molar-refractivity contribution in [3.63, 3.8) is 0 Å². The van der Waals surface area contributed by atoms with Crippen molar-refractivity contribution in [3.05, 3.63) is 35.4 Å². The van der Waals surface area contributed by atoms with E-state index in [1.165, 1.54) is 11.1 Å². The zero-order chi connectivity index (χ0) is 11.6. The number of aryl methyl sites for hydroxylation is 1. The van der Waals surface area contributed by atoms with E-state index >= 15 is 0 Å². The fraction of sp³-hybridized carbons (Fsp3) is 0.500. The highest BCUT2D eigenvalue weighted by Gasteiger charge is 2.21. The van der Waals surface area contributed by atoms with Crippen molar-refractivity contribution in [1.82, 2.24) is 4.90 Å². The van der Waals surface area contributed by atoms with Crippen molar-refractivity contribution in [2.75, 3.05) is 24.6 Å². The highest BCUT2D eigenvalue weighted by atomic mass is 35.5. The Labute approximate surface area is 109 Å². The van der Waals surface area contributed by atoms with Crippen LogP contribution in [0.4, 0.5) is 0 Å². The van der Waals surface area contributed by atoms with Crippen molar-refractivity contribution in [1.29, 1.82) is 0 Å². The standard InChI is InChI=1S/C12H17NO2S.ClH/c1-11-2-4-12(5-3-11)10-13-6-8-16(14,15)9-7-13;/h2-5H,6-10H2,1H3;1H. The molecule has 1 fully saturated rings. The molecule has 5 heteroatoms.